The van der Waals surface area contributed by atoms with Crippen LogP contribution in [0.1, 0.15) is 55.3 Å². The second-order valence-electron chi connectivity index (χ2n) is 8.41. The van der Waals surface area contributed by atoms with Crippen molar-refractivity contribution in [2.75, 3.05) is 13.2 Å². The summed E-state index contributed by atoms with van der Waals surface area (Å²) >= 11 is 5.97. The van der Waals surface area contributed by atoms with Gasteiger partial charge in [0.15, 0.2) is 0 Å². The number of aliphatic hydroxyl groups is 1. The fourth-order valence-electron chi connectivity index (χ4n) is 4.25. The Labute approximate surface area is 187 Å². The number of likely N-dealkylation sites (tertiary alicyclic amines) is 1. The van der Waals surface area contributed by atoms with Crippen molar-refractivity contribution in [1.29, 1.82) is 0 Å². The lowest BCUT2D eigenvalue weighted by atomic mass is 9.93. The fraction of sp³-hybridized carbons (Fsp3) is 0.360. The van der Waals surface area contributed by atoms with Gasteiger partial charge in [0.25, 0.3) is 11.7 Å². The molecular formula is C25H26ClNO4. The quantitative estimate of drug-likeness (QED) is 0.401. The second kappa shape index (κ2) is 8.85. The van der Waals surface area contributed by atoms with Crippen LogP contribution in [0.25, 0.3) is 5.76 Å². The molecule has 0 spiro atoms. The molecular weight excluding hydrogens is 414 g/mol. The summed E-state index contributed by atoms with van der Waals surface area (Å²) in [4.78, 5) is 27.6. The van der Waals surface area contributed by atoms with Crippen LogP contribution in [0.5, 0.6) is 0 Å². The molecule has 1 N–H and O–H groups in total. The molecule has 2 unspecified atom stereocenters. The molecule has 2 aliphatic rings. The minimum Gasteiger partial charge on any atom is -0.507 e. The zero-order chi connectivity index (χ0) is 22.1. The molecule has 2 saturated heterocycles. The highest BCUT2D eigenvalue weighted by molar-refractivity contribution is 6.46. The summed E-state index contributed by atoms with van der Waals surface area (Å²) < 4.78 is 5.73. The molecule has 0 radical (unpaired) electrons. The molecule has 0 aliphatic carbocycles. The Morgan fingerprint density at radius 1 is 1.13 bits per heavy atom. The monoisotopic (exact) mass is 439 g/mol. The van der Waals surface area contributed by atoms with Crippen molar-refractivity contribution in [2.24, 2.45) is 0 Å². The number of carbonyl (C=O) groups is 2. The van der Waals surface area contributed by atoms with Gasteiger partial charge in [-0.05, 0) is 54.2 Å². The van der Waals surface area contributed by atoms with Crippen LogP contribution in [-0.4, -0.2) is 41.0 Å². The average molecular weight is 440 g/mol. The largest absolute Gasteiger partial charge is 0.507 e. The summed E-state index contributed by atoms with van der Waals surface area (Å²) in [6.07, 6.45) is 1.68. The molecule has 31 heavy (non-hydrogen) atoms. The number of amides is 1. The standard InChI is InChI=1S/C25H26ClNO4/c1-15(2)16-5-7-17(8-6-16)22-21(23(28)18-9-11-19(26)12-10-18)24(29)25(30)27(22)14-20-4-3-13-31-20/h5-12,15,20,22,28H,3-4,13-14H2,1-2H3/b23-21-. The van der Waals surface area contributed by atoms with Crippen LogP contribution in [0.3, 0.4) is 0 Å². The molecule has 2 atom stereocenters. The van der Waals surface area contributed by atoms with E-state index in [9.17, 15) is 14.7 Å². The fourth-order valence-corrected chi connectivity index (χ4v) is 4.38. The van der Waals surface area contributed by atoms with E-state index in [1.165, 1.54) is 0 Å². The van der Waals surface area contributed by atoms with Gasteiger partial charge in [-0.25, -0.2) is 0 Å². The molecule has 0 saturated carbocycles. The third-order valence-electron chi connectivity index (χ3n) is 6.00. The van der Waals surface area contributed by atoms with Crippen LogP contribution in [-0.2, 0) is 14.3 Å². The van der Waals surface area contributed by atoms with Gasteiger partial charge in [-0.3, -0.25) is 9.59 Å². The first-order valence-corrected chi connectivity index (χ1v) is 11.0. The molecule has 0 bridgehead atoms. The van der Waals surface area contributed by atoms with Crippen molar-refractivity contribution in [3.05, 3.63) is 75.8 Å². The summed E-state index contributed by atoms with van der Waals surface area (Å²) in [5.41, 5.74) is 2.50. The molecule has 2 fully saturated rings. The number of hydrogen-bond acceptors (Lipinski definition) is 4. The maximum absolute atomic E-state index is 13.1. The smallest absolute Gasteiger partial charge is 0.295 e. The lowest BCUT2D eigenvalue weighted by Crippen LogP contribution is -2.36. The molecule has 0 aromatic heterocycles. The Bertz CT molecular complexity index is 1000. The van der Waals surface area contributed by atoms with Crippen LogP contribution < -0.4 is 0 Å². The van der Waals surface area contributed by atoms with E-state index >= 15 is 0 Å². The number of ketones is 1. The Morgan fingerprint density at radius 3 is 2.39 bits per heavy atom. The van der Waals surface area contributed by atoms with Crippen molar-refractivity contribution in [1.82, 2.24) is 4.90 Å². The lowest BCUT2D eigenvalue weighted by molar-refractivity contribution is -0.140. The van der Waals surface area contributed by atoms with Gasteiger partial charge >= 0.3 is 0 Å². The highest BCUT2D eigenvalue weighted by atomic mass is 35.5. The first-order chi connectivity index (χ1) is 14.9. The molecule has 1 amide bonds. The summed E-state index contributed by atoms with van der Waals surface area (Å²) in [7, 11) is 0. The zero-order valence-corrected chi connectivity index (χ0v) is 18.4. The summed E-state index contributed by atoms with van der Waals surface area (Å²) in [5.74, 6) is -1.11. The Morgan fingerprint density at radius 2 is 1.81 bits per heavy atom. The topological polar surface area (TPSA) is 66.8 Å². The summed E-state index contributed by atoms with van der Waals surface area (Å²) in [6, 6.07) is 13.8. The van der Waals surface area contributed by atoms with Gasteiger partial charge in [0.2, 0.25) is 0 Å². The number of Topliss-reactive ketones (excluding diaryl/α,β-unsaturated/α-hetero) is 1. The Hall–Kier alpha value is -2.63. The van der Waals surface area contributed by atoms with E-state index in [0.717, 1.165) is 24.0 Å². The van der Waals surface area contributed by atoms with E-state index < -0.39 is 17.7 Å². The van der Waals surface area contributed by atoms with E-state index in [2.05, 4.69) is 13.8 Å². The number of nitrogens with zero attached hydrogens (tertiary/aromatic N) is 1. The normalized spacial score (nSPS) is 23.2. The highest BCUT2D eigenvalue weighted by Crippen LogP contribution is 2.40. The van der Waals surface area contributed by atoms with Crippen LogP contribution in [0, 0.1) is 0 Å². The van der Waals surface area contributed by atoms with Crippen LogP contribution in [0.15, 0.2) is 54.1 Å². The van der Waals surface area contributed by atoms with Gasteiger partial charge < -0.3 is 14.7 Å². The van der Waals surface area contributed by atoms with Gasteiger partial charge in [0, 0.05) is 23.7 Å². The molecule has 2 aliphatic heterocycles. The number of ether oxygens (including phenoxy) is 1. The predicted molar refractivity (Wildman–Crippen MR) is 120 cm³/mol. The van der Waals surface area contributed by atoms with Gasteiger partial charge in [0.05, 0.1) is 17.7 Å². The molecule has 162 valence electrons. The number of aliphatic hydroxyl groups excluding tert-OH is 1. The molecule has 5 nitrogen and oxygen atoms in total. The third-order valence-corrected chi connectivity index (χ3v) is 6.25. The second-order valence-corrected chi connectivity index (χ2v) is 8.85. The molecule has 4 rings (SSSR count). The minimum absolute atomic E-state index is 0.0996. The van der Waals surface area contributed by atoms with Gasteiger partial charge in [-0.15, -0.1) is 0 Å². The van der Waals surface area contributed by atoms with Crippen LogP contribution in [0.2, 0.25) is 5.02 Å². The average Bonchev–Trinajstić information content (AvgIpc) is 3.36. The highest BCUT2D eigenvalue weighted by Gasteiger charge is 2.47. The van der Waals surface area contributed by atoms with Gasteiger partial charge in [-0.2, -0.15) is 0 Å². The van der Waals surface area contributed by atoms with Crippen molar-refractivity contribution in [3.63, 3.8) is 0 Å². The number of carbonyl (C=O) groups excluding carboxylic acids is 2. The van der Waals surface area contributed by atoms with Gasteiger partial charge in [-0.1, -0.05) is 49.7 Å². The zero-order valence-electron chi connectivity index (χ0n) is 17.7. The number of hydrogen-bond donors (Lipinski definition) is 1. The van der Waals surface area contributed by atoms with E-state index in [1.807, 2.05) is 24.3 Å². The number of benzene rings is 2. The predicted octanol–water partition coefficient (Wildman–Crippen LogP) is 5.06. The van der Waals surface area contributed by atoms with Crippen LogP contribution >= 0.6 is 11.6 Å². The SMILES string of the molecule is CC(C)c1ccc(C2/C(=C(/O)c3ccc(Cl)cc3)C(=O)C(=O)N2CC2CCCO2)cc1. The first kappa shape index (κ1) is 21.6. The molecule has 2 heterocycles. The Kier molecular flexibility index (Phi) is 6.17. The van der Waals surface area contributed by atoms with Crippen molar-refractivity contribution in [2.45, 2.75) is 44.8 Å². The molecule has 6 heteroatoms. The first-order valence-electron chi connectivity index (χ1n) is 10.6. The van der Waals surface area contributed by atoms with Crippen molar-refractivity contribution >= 4 is 29.1 Å². The van der Waals surface area contributed by atoms with Crippen LogP contribution in [0.4, 0.5) is 0 Å². The van der Waals surface area contributed by atoms with E-state index in [-0.39, 0.29) is 17.4 Å². The maximum Gasteiger partial charge on any atom is 0.295 e. The number of rotatable bonds is 5. The van der Waals surface area contributed by atoms with Crippen molar-refractivity contribution < 1.29 is 19.4 Å². The lowest BCUT2D eigenvalue weighted by Gasteiger charge is -2.27. The molecule has 2 aromatic carbocycles. The van der Waals surface area contributed by atoms with E-state index in [1.54, 1.807) is 29.2 Å². The third kappa shape index (κ3) is 4.25. The number of halogens is 1. The van der Waals surface area contributed by atoms with Gasteiger partial charge in [0.1, 0.15) is 5.76 Å². The minimum atomic E-state index is -0.677. The maximum atomic E-state index is 13.1. The molecule has 2 aromatic rings. The van der Waals surface area contributed by atoms with E-state index in [0.29, 0.717) is 29.7 Å². The summed E-state index contributed by atoms with van der Waals surface area (Å²) in [6.45, 7) is 5.20. The van der Waals surface area contributed by atoms with E-state index in [4.69, 9.17) is 16.3 Å². The summed E-state index contributed by atoms with van der Waals surface area (Å²) in [5, 5.41) is 11.6. The van der Waals surface area contributed by atoms with Crippen molar-refractivity contribution in [3.8, 4) is 0 Å². The Balaban J connectivity index is 1.80.